The van der Waals surface area contributed by atoms with Crippen molar-refractivity contribution in [1.29, 1.82) is 0 Å². The third-order valence-corrected chi connectivity index (χ3v) is 25.4. The van der Waals surface area contributed by atoms with E-state index in [1.54, 1.807) is 18.2 Å². The van der Waals surface area contributed by atoms with Gasteiger partial charge in [0.05, 0.1) is 0 Å². The third kappa shape index (κ3) is 14.9. The molecule has 602 valence electrons. The molecule has 0 saturated heterocycles. The molecule has 24 rings (SSSR count). The predicted molar refractivity (Wildman–Crippen MR) is 538 cm³/mol. The summed E-state index contributed by atoms with van der Waals surface area (Å²) in [6, 6.07) is 159. The molecule has 0 atom stereocenters. The van der Waals surface area contributed by atoms with E-state index in [1.807, 2.05) is 115 Å². The van der Waals surface area contributed by atoms with Crippen molar-refractivity contribution in [2.45, 2.75) is 26.2 Å². The molecule has 0 radical (unpaired) electrons. The van der Waals surface area contributed by atoms with Gasteiger partial charge in [0, 0.05) is 16.7 Å². The van der Waals surface area contributed by atoms with Crippen LogP contribution in [-0.2, 0) is 5.41 Å². The topological polar surface area (TPSA) is 0 Å². The molecule has 0 fully saturated rings. The maximum Gasteiger partial charge on any atom is 0.131 e. The van der Waals surface area contributed by atoms with Gasteiger partial charge < -0.3 is 0 Å². The van der Waals surface area contributed by atoms with Gasteiger partial charge >= 0.3 is 0 Å². The highest BCUT2D eigenvalue weighted by Crippen LogP contribution is 2.47. The summed E-state index contributed by atoms with van der Waals surface area (Å²) in [5.41, 5.74) is 18.2. The molecular weight excluding hydrogens is 1550 g/mol. The van der Waals surface area contributed by atoms with Crippen molar-refractivity contribution in [3.8, 4) is 89.0 Å². The van der Waals surface area contributed by atoms with Gasteiger partial charge in [0.2, 0.25) is 0 Å². The lowest BCUT2D eigenvalue weighted by Crippen LogP contribution is -2.13. The van der Waals surface area contributed by atoms with E-state index in [0.717, 1.165) is 104 Å². The average Bonchev–Trinajstić information content (AvgIpc) is 0.758. The van der Waals surface area contributed by atoms with Crippen LogP contribution in [0.15, 0.2) is 461 Å². The van der Waals surface area contributed by atoms with Gasteiger partial charge in [-0.1, -0.05) is 439 Å². The van der Waals surface area contributed by atoms with Crippen LogP contribution in [0.25, 0.3) is 218 Å². The molecular formula is C124H85F3. The van der Waals surface area contributed by atoms with Gasteiger partial charge in [-0.25, -0.2) is 13.2 Å². The number of rotatable bonds is 8. The van der Waals surface area contributed by atoms with Crippen molar-refractivity contribution in [3.63, 3.8) is 0 Å². The number of hydrogen-bond acceptors (Lipinski definition) is 0. The van der Waals surface area contributed by atoms with Crippen molar-refractivity contribution in [2.24, 2.45) is 0 Å². The maximum absolute atomic E-state index is 15.3. The predicted octanol–water partition coefficient (Wildman–Crippen LogP) is 35.6. The minimum Gasteiger partial charge on any atom is -0.206 e. The van der Waals surface area contributed by atoms with Gasteiger partial charge in [0.15, 0.2) is 0 Å². The summed E-state index contributed by atoms with van der Waals surface area (Å²) in [5, 5.41) is 27.7. The smallest absolute Gasteiger partial charge is 0.131 e. The molecule has 3 heteroatoms. The van der Waals surface area contributed by atoms with Gasteiger partial charge in [0.25, 0.3) is 0 Å². The molecule has 0 N–H and O–H groups in total. The molecule has 0 amide bonds. The second-order valence-corrected chi connectivity index (χ2v) is 34.0. The minimum atomic E-state index is -0.196. The van der Waals surface area contributed by atoms with Crippen LogP contribution < -0.4 is 0 Å². The molecule has 127 heavy (non-hydrogen) atoms. The van der Waals surface area contributed by atoms with E-state index >= 15 is 13.2 Å². The number of fused-ring (bicyclic) bond motifs is 12. The van der Waals surface area contributed by atoms with Crippen LogP contribution in [0, 0.1) is 17.5 Å². The third-order valence-electron chi connectivity index (χ3n) is 25.4. The number of benzene rings is 24. The SMILES string of the molecule is CC(C)(C)c1ccc2c(-c3cccc4ccccc34)cccc2c1-c1ccc2ccccc2c1.Fc1ccc2c(-c3ccc4ccccc4c3)cccc2c1-c1ccc2ccccc2c1.Fc1ccc2c(-c3cccc4ccccc34)cccc2c1-c1ccc2ccccc2c1.Fc1ccc2c(-c3cccc4ccccc34)cccc2c1-c1cccc2ccccc12. The summed E-state index contributed by atoms with van der Waals surface area (Å²) in [5.74, 6) is -0.588. The molecule has 24 aromatic rings. The summed E-state index contributed by atoms with van der Waals surface area (Å²) in [6.45, 7) is 6.94. The first-order valence-electron chi connectivity index (χ1n) is 43.5. The molecule has 0 aromatic heterocycles. The van der Waals surface area contributed by atoms with Crippen LogP contribution in [0.3, 0.4) is 0 Å². The van der Waals surface area contributed by atoms with E-state index in [1.165, 1.54) is 104 Å². The summed E-state index contributed by atoms with van der Waals surface area (Å²) in [6.07, 6.45) is 0. The van der Waals surface area contributed by atoms with Crippen molar-refractivity contribution < 1.29 is 13.2 Å². The van der Waals surface area contributed by atoms with Crippen LogP contribution in [0.5, 0.6) is 0 Å². The van der Waals surface area contributed by atoms with Gasteiger partial charge in [0.1, 0.15) is 17.5 Å². The Kier molecular flexibility index (Phi) is 20.7. The Morgan fingerprint density at radius 1 is 0.142 bits per heavy atom. The first-order chi connectivity index (χ1) is 62.4. The standard InChI is InChI=1S/C34H28.3C30H19F/c1-34(2,3)32-21-20-30-29(28-15-8-13-24-11-6-7-14-27(24)28)16-9-17-31(30)33(32)26-19-18-23-10-4-5-12-25(23)22-26;31-29-19-18-26-25(24-14-5-10-20-8-1-3-12-22(20)24)15-7-17-28(26)30(29)27-16-6-11-21-9-2-4-13-23(21)27;31-29-17-16-27-26(24-14-12-20-6-1-3-8-22(20)18-24)10-5-11-28(27)30(29)25-15-13-21-7-2-4-9-23(21)19-25;31-29-18-17-27-26(25-12-5-10-21-8-3-4-11-24(21)25)13-6-14-28(27)30(29)23-16-15-20-7-1-2-9-22(20)19-23/h4-22H,1-3H3;3*1-19H. The van der Waals surface area contributed by atoms with Crippen LogP contribution in [-0.4, -0.2) is 0 Å². The fourth-order valence-corrected chi connectivity index (χ4v) is 19.3. The molecule has 0 aliphatic heterocycles. The molecule has 24 aromatic carbocycles. The highest BCUT2D eigenvalue weighted by atomic mass is 19.1. The highest BCUT2D eigenvalue weighted by Gasteiger charge is 2.25. The van der Waals surface area contributed by atoms with Gasteiger partial charge in [-0.05, 0) is 255 Å². The van der Waals surface area contributed by atoms with Gasteiger partial charge in [-0.15, -0.1) is 0 Å². The Morgan fingerprint density at radius 3 is 0.717 bits per heavy atom. The fraction of sp³-hybridized carbons (Fsp3) is 0.0323. The molecule has 0 heterocycles. The second kappa shape index (κ2) is 33.4. The van der Waals surface area contributed by atoms with Crippen LogP contribution in [0.1, 0.15) is 26.3 Å². The Balaban J connectivity index is 0.000000103. The summed E-state index contributed by atoms with van der Waals surface area (Å²) in [4.78, 5) is 0. The van der Waals surface area contributed by atoms with Crippen molar-refractivity contribution in [1.82, 2.24) is 0 Å². The zero-order valence-corrected chi connectivity index (χ0v) is 70.5. The zero-order chi connectivity index (χ0) is 85.6. The molecule has 0 aliphatic carbocycles. The second-order valence-electron chi connectivity index (χ2n) is 34.0. The molecule has 0 nitrogen and oxygen atoms in total. The maximum atomic E-state index is 15.3. The molecule has 0 saturated carbocycles. The highest BCUT2D eigenvalue weighted by molar-refractivity contribution is 6.16. The van der Waals surface area contributed by atoms with E-state index in [9.17, 15) is 0 Å². The molecule has 0 bridgehead atoms. The molecule has 0 aliphatic rings. The monoisotopic (exact) mass is 1630 g/mol. The number of hydrogen-bond donors (Lipinski definition) is 0. The number of halogens is 3. The lowest BCUT2D eigenvalue weighted by Gasteiger charge is -2.25. The fourth-order valence-electron chi connectivity index (χ4n) is 19.3. The Hall–Kier alpha value is -15.8. The van der Waals surface area contributed by atoms with Crippen LogP contribution in [0.4, 0.5) is 13.2 Å². The van der Waals surface area contributed by atoms with Crippen LogP contribution >= 0.6 is 0 Å². The average molecular weight is 1630 g/mol. The molecule has 0 unspecified atom stereocenters. The first-order valence-corrected chi connectivity index (χ1v) is 43.5. The Bertz CT molecular complexity index is 8400. The summed E-state index contributed by atoms with van der Waals surface area (Å²) < 4.78 is 45.7. The first kappa shape index (κ1) is 78.4. The quantitative estimate of drug-likeness (QED) is 0.142. The van der Waals surface area contributed by atoms with Crippen molar-refractivity contribution in [2.75, 3.05) is 0 Å². The minimum absolute atomic E-state index is 0.0324. The normalized spacial score (nSPS) is 11.5. The summed E-state index contributed by atoms with van der Waals surface area (Å²) >= 11 is 0. The van der Waals surface area contributed by atoms with E-state index in [2.05, 4.69) is 348 Å². The van der Waals surface area contributed by atoms with E-state index < -0.39 is 0 Å². The Morgan fingerprint density at radius 2 is 0.362 bits per heavy atom. The van der Waals surface area contributed by atoms with Gasteiger partial charge in [-0.3, -0.25) is 0 Å². The van der Waals surface area contributed by atoms with Crippen molar-refractivity contribution >= 4 is 129 Å². The Labute approximate surface area is 736 Å². The van der Waals surface area contributed by atoms with E-state index in [0.29, 0.717) is 16.7 Å². The largest absolute Gasteiger partial charge is 0.206 e. The molecule has 0 spiro atoms. The van der Waals surface area contributed by atoms with Crippen molar-refractivity contribution in [3.05, 3.63) is 484 Å². The lowest BCUT2D eigenvalue weighted by atomic mass is 9.78. The summed E-state index contributed by atoms with van der Waals surface area (Å²) in [7, 11) is 0. The lowest BCUT2D eigenvalue weighted by molar-refractivity contribution is 0.593. The van der Waals surface area contributed by atoms with Crippen LogP contribution in [0.2, 0.25) is 0 Å². The van der Waals surface area contributed by atoms with Gasteiger partial charge in [-0.2, -0.15) is 0 Å². The van der Waals surface area contributed by atoms with E-state index in [4.69, 9.17) is 0 Å². The zero-order valence-electron chi connectivity index (χ0n) is 70.5. The van der Waals surface area contributed by atoms with E-state index in [-0.39, 0.29) is 22.9 Å².